The van der Waals surface area contributed by atoms with E-state index >= 15 is 0 Å². The van der Waals surface area contributed by atoms with Gasteiger partial charge in [-0.05, 0) is 17.3 Å². The molecule has 0 radical (unpaired) electrons. The second kappa shape index (κ2) is 6.72. The van der Waals surface area contributed by atoms with Gasteiger partial charge in [0.15, 0.2) is 0 Å². The normalized spacial score (nSPS) is 13.9. The zero-order valence-corrected chi connectivity index (χ0v) is 16.4. The molecule has 0 bridgehead atoms. The second-order valence-electron chi connectivity index (χ2n) is 10.3. The largest absolute Gasteiger partial charge is 0.355 e. The highest BCUT2D eigenvalue weighted by atomic mass is 16.2. The van der Waals surface area contributed by atoms with Crippen molar-refractivity contribution < 1.29 is 9.59 Å². The standard InChI is InChI=1S/C19H37NO2/c1-16(2,3)14(21)11-18(7,8)12-19(9,10)13-20-15(22)17(4,5)6/h11-13H2,1-10H3,(H,20,22). The third kappa shape index (κ3) is 7.95. The van der Waals surface area contributed by atoms with E-state index in [-0.39, 0.29) is 27.6 Å². The first-order valence-corrected chi connectivity index (χ1v) is 8.28. The highest BCUT2D eigenvalue weighted by Crippen LogP contribution is 2.38. The molecule has 0 aromatic carbocycles. The Bertz CT molecular complexity index is 406. The topological polar surface area (TPSA) is 46.2 Å². The molecule has 130 valence electrons. The van der Waals surface area contributed by atoms with Crippen LogP contribution in [0, 0.1) is 21.7 Å². The Balaban J connectivity index is 4.69. The minimum atomic E-state index is -0.367. The van der Waals surface area contributed by atoms with Gasteiger partial charge >= 0.3 is 0 Å². The summed E-state index contributed by atoms with van der Waals surface area (Å²) >= 11 is 0. The number of rotatable bonds is 6. The van der Waals surface area contributed by atoms with Crippen molar-refractivity contribution in [1.29, 1.82) is 0 Å². The van der Waals surface area contributed by atoms with E-state index in [9.17, 15) is 9.59 Å². The Labute approximate surface area is 137 Å². The minimum absolute atomic E-state index is 0.0391. The molecule has 22 heavy (non-hydrogen) atoms. The number of carbonyl (C=O) groups is 2. The molecule has 3 nitrogen and oxygen atoms in total. The predicted molar refractivity (Wildman–Crippen MR) is 93.7 cm³/mol. The zero-order chi connectivity index (χ0) is 18.0. The van der Waals surface area contributed by atoms with Gasteiger partial charge in [0, 0.05) is 23.8 Å². The molecule has 0 fully saturated rings. The number of carbonyl (C=O) groups excluding carboxylic acids is 2. The molecule has 0 saturated carbocycles. The van der Waals surface area contributed by atoms with E-state index in [0.717, 1.165) is 6.42 Å². The van der Waals surface area contributed by atoms with Gasteiger partial charge in [0.05, 0.1) is 0 Å². The molecule has 0 spiro atoms. The fourth-order valence-corrected chi connectivity index (χ4v) is 2.71. The third-order valence-electron chi connectivity index (χ3n) is 3.84. The number of ketones is 1. The Morgan fingerprint density at radius 2 is 1.18 bits per heavy atom. The van der Waals surface area contributed by atoms with Gasteiger partial charge in [-0.25, -0.2) is 0 Å². The van der Waals surface area contributed by atoms with Crippen LogP contribution in [0.1, 0.15) is 82.1 Å². The van der Waals surface area contributed by atoms with Crippen LogP contribution in [0.2, 0.25) is 0 Å². The van der Waals surface area contributed by atoms with Gasteiger partial charge < -0.3 is 5.32 Å². The Hall–Kier alpha value is -0.860. The average Bonchev–Trinajstić information content (AvgIpc) is 2.20. The number of nitrogens with one attached hydrogen (secondary N) is 1. The molecule has 0 aliphatic carbocycles. The SMILES string of the molecule is CC(C)(CNC(=O)C(C)(C)C)CC(C)(C)CC(=O)C(C)(C)C. The summed E-state index contributed by atoms with van der Waals surface area (Å²) in [6, 6.07) is 0. The van der Waals surface area contributed by atoms with Crippen LogP contribution in [-0.4, -0.2) is 18.2 Å². The van der Waals surface area contributed by atoms with Gasteiger partial charge in [-0.2, -0.15) is 0 Å². The van der Waals surface area contributed by atoms with Crippen LogP contribution in [0.15, 0.2) is 0 Å². The quantitative estimate of drug-likeness (QED) is 0.779. The van der Waals surface area contributed by atoms with Crippen LogP contribution in [-0.2, 0) is 9.59 Å². The summed E-state index contributed by atoms with van der Waals surface area (Å²) in [6.45, 7) is 20.9. The number of hydrogen-bond acceptors (Lipinski definition) is 2. The van der Waals surface area contributed by atoms with E-state index in [1.165, 1.54) is 0 Å². The molecule has 0 rings (SSSR count). The van der Waals surface area contributed by atoms with Crippen molar-refractivity contribution in [2.45, 2.75) is 82.1 Å². The molecule has 0 aliphatic rings. The molecule has 1 amide bonds. The van der Waals surface area contributed by atoms with Crippen molar-refractivity contribution in [3.8, 4) is 0 Å². The van der Waals surface area contributed by atoms with Crippen molar-refractivity contribution in [3.63, 3.8) is 0 Å². The maximum atomic E-state index is 12.3. The van der Waals surface area contributed by atoms with Crippen molar-refractivity contribution in [2.24, 2.45) is 21.7 Å². The molecular formula is C19H37NO2. The summed E-state index contributed by atoms with van der Waals surface area (Å²) in [4.78, 5) is 24.3. The third-order valence-corrected chi connectivity index (χ3v) is 3.84. The first kappa shape index (κ1) is 21.1. The molecule has 1 N–H and O–H groups in total. The van der Waals surface area contributed by atoms with E-state index in [1.807, 2.05) is 41.5 Å². The lowest BCUT2D eigenvalue weighted by Gasteiger charge is -2.36. The summed E-state index contributed by atoms with van der Waals surface area (Å²) in [5, 5.41) is 3.05. The second-order valence-corrected chi connectivity index (χ2v) is 10.3. The first-order valence-electron chi connectivity index (χ1n) is 8.28. The first-order chi connectivity index (χ1) is 9.46. The summed E-state index contributed by atoms with van der Waals surface area (Å²) in [5.41, 5.74) is -0.765. The van der Waals surface area contributed by atoms with Crippen molar-refractivity contribution in [1.82, 2.24) is 5.32 Å². The lowest BCUT2D eigenvalue weighted by molar-refractivity contribution is -0.130. The smallest absolute Gasteiger partial charge is 0.225 e. The minimum Gasteiger partial charge on any atom is -0.355 e. The van der Waals surface area contributed by atoms with Crippen LogP contribution in [0.25, 0.3) is 0 Å². The maximum Gasteiger partial charge on any atom is 0.225 e. The predicted octanol–water partition coefficient (Wildman–Crippen LogP) is 4.60. The lowest BCUT2D eigenvalue weighted by atomic mass is 9.70. The number of Topliss-reactive ketones (excluding diaryl/α,β-unsaturated/α-hetero) is 1. The van der Waals surface area contributed by atoms with E-state index < -0.39 is 0 Å². The van der Waals surface area contributed by atoms with Crippen molar-refractivity contribution in [3.05, 3.63) is 0 Å². The molecule has 0 unspecified atom stereocenters. The Morgan fingerprint density at radius 1 is 0.727 bits per heavy atom. The number of amides is 1. The maximum absolute atomic E-state index is 12.3. The van der Waals surface area contributed by atoms with Gasteiger partial charge in [0.25, 0.3) is 0 Å². The van der Waals surface area contributed by atoms with Crippen molar-refractivity contribution in [2.75, 3.05) is 6.54 Å². The fourth-order valence-electron chi connectivity index (χ4n) is 2.71. The van der Waals surface area contributed by atoms with Gasteiger partial charge in [-0.1, -0.05) is 69.2 Å². The van der Waals surface area contributed by atoms with Gasteiger partial charge in [-0.3, -0.25) is 9.59 Å². The van der Waals surface area contributed by atoms with Crippen LogP contribution >= 0.6 is 0 Å². The van der Waals surface area contributed by atoms with E-state index in [4.69, 9.17) is 0 Å². The molecule has 0 saturated heterocycles. The summed E-state index contributed by atoms with van der Waals surface area (Å²) in [5.74, 6) is 0.371. The van der Waals surface area contributed by atoms with Crippen LogP contribution in [0.3, 0.4) is 0 Å². The van der Waals surface area contributed by atoms with E-state index in [0.29, 0.717) is 18.7 Å². The highest BCUT2D eigenvalue weighted by Gasteiger charge is 2.34. The van der Waals surface area contributed by atoms with E-state index in [2.05, 4.69) is 33.0 Å². The molecule has 3 heteroatoms. The molecule has 0 aromatic rings. The molecule has 0 atom stereocenters. The van der Waals surface area contributed by atoms with Crippen LogP contribution < -0.4 is 5.32 Å². The summed E-state index contributed by atoms with van der Waals surface area (Å²) < 4.78 is 0. The van der Waals surface area contributed by atoms with Crippen LogP contribution in [0.4, 0.5) is 0 Å². The number of hydrogen-bond donors (Lipinski definition) is 1. The Kier molecular flexibility index (Phi) is 6.46. The van der Waals surface area contributed by atoms with Crippen molar-refractivity contribution >= 4 is 11.7 Å². The van der Waals surface area contributed by atoms with Gasteiger partial charge in [-0.15, -0.1) is 0 Å². The molecule has 0 aliphatic heterocycles. The summed E-state index contributed by atoms with van der Waals surface area (Å²) in [7, 11) is 0. The van der Waals surface area contributed by atoms with Crippen LogP contribution in [0.5, 0.6) is 0 Å². The summed E-state index contributed by atoms with van der Waals surface area (Å²) in [6.07, 6.45) is 1.47. The molecule has 0 heterocycles. The molecular weight excluding hydrogens is 274 g/mol. The zero-order valence-electron chi connectivity index (χ0n) is 16.4. The van der Waals surface area contributed by atoms with E-state index in [1.54, 1.807) is 0 Å². The Morgan fingerprint density at radius 3 is 1.55 bits per heavy atom. The highest BCUT2D eigenvalue weighted by molar-refractivity contribution is 5.84. The van der Waals surface area contributed by atoms with Gasteiger partial charge in [0.2, 0.25) is 5.91 Å². The monoisotopic (exact) mass is 311 g/mol. The van der Waals surface area contributed by atoms with Gasteiger partial charge in [0.1, 0.15) is 5.78 Å². The fraction of sp³-hybridized carbons (Fsp3) is 0.895. The average molecular weight is 312 g/mol. The lowest BCUT2D eigenvalue weighted by Crippen LogP contribution is -2.42. The molecule has 0 aromatic heterocycles.